The van der Waals surface area contributed by atoms with Crippen LogP contribution in [0.5, 0.6) is 5.75 Å². The largest absolute Gasteiger partial charge is 0.497 e. The molecule has 0 saturated carbocycles. The topological polar surface area (TPSA) is 64.3 Å². The first-order valence-electron chi connectivity index (χ1n) is 5.82. The molecule has 1 rings (SSSR count). The Hall–Kier alpha value is -1.55. The Bertz CT molecular complexity index is 378. The van der Waals surface area contributed by atoms with Crippen LogP contribution in [0.4, 0.5) is 5.69 Å². The molecule has 0 saturated heterocycles. The SMILES string of the molecule is COc1ccc(NC(C)=O)c(CCCCN)c1. The quantitative estimate of drug-likeness (QED) is 0.742. The molecule has 0 spiro atoms. The molecule has 1 aromatic rings. The smallest absolute Gasteiger partial charge is 0.221 e. The third kappa shape index (κ3) is 4.44. The fraction of sp³-hybridized carbons (Fsp3) is 0.462. The Labute approximate surface area is 102 Å². The fourth-order valence-electron chi connectivity index (χ4n) is 1.68. The predicted molar refractivity (Wildman–Crippen MR) is 69.3 cm³/mol. The number of nitrogens with one attached hydrogen (secondary N) is 1. The molecule has 4 heteroatoms. The maximum atomic E-state index is 11.1. The number of ether oxygens (including phenoxy) is 1. The van der Waals surface area contributed by atoms with Crippen LogP contribution in [0.15, 0.2) is 18.2 Å². The maximum Gasteiger partial charge on any atom is 0.221 e. The maximum absolute atomic E-state index is 11.1. The highest BCUT2D eigenvalue weighted by atomic mass is 16.5. The van der Waals surface area contributed by atoms with Gasteiger partial charge < -0.3 is 15.8 Å². The Kier molecular flexibility index (Phi) is 5.49. The van der Waals surface area contributed by atoms with Gasteiger partial charge in [0.05, 0.1) is 7.11 Å². The van der Waals surface area contributed by atoms with Crippen LogP contribution in [0.1, 0.15) is 25.3 Å². The molecule has 0 heterocycles. The molecular formula is C13H20N2O2. The molecule has 0 bridgehead atoms. The highest BCUT2D eigenvalue weighted by molar-refractivity contribution is 5.89. The van der Waals surface area contributed by atoms with Crippen LogP contribution in [-0.4, -0.2) is 19.6 Å². The van der Waals surface area contributed by atoms with Crippen LogP contribution >= 0.6 is 0 Å². The van der Waals surface area contributed by atoms with Crippen molar-refractivity contribution in [3.05, 3.63) is 23.8 Å². The summed E-state index contributed by atoms with van der Waals surface area (Å²) in [6.45, 7) is 2.20. The lowest BCUT2D eigenvalue weighted by Crippen LogP contribution is -2.08. The van der Waals surface area contributed by atoms with Gasteiger partial charge in [0.2, 0.25) is 5.91 Å². The number of hydrogen-bond acceptors (Lipinski definition) is 3. The number of carbonyl (C=O) groups excluding carboxylic acids is 1. The van der Waals surface area contributed by atoms with E-state index in [1.807, 2.05) is 18.2 Å². The summed E-state index contributed by atoms with van der Waals surface area (Å²) in [6.07, 6.45) is 2.89. The van der Waals surface area contributed by atoms with Crippen molar-refractivity contribution < 1.29 is 9.53 Å². The van der Waals surface area contributed by atoms with Gasteiger partial charge in [0.25, 0.3) is 0 Å². The average molecular weight is 236 g/mol. The van der Waals surface area contributed by atoms with Crippen molar-refractivity contribution in [1.82, 2.24) is 0 Å². The highest BCUT2D eigenvalue weighted by Crippen LogP contribution is 2.23. The second-order valence-electron chi connectivity index (χ2n) is 3.95. The Morgan fingerprint density at radius 1 is 1.41 bits per heavy atom. The third-order valence-corrected chi connectivity index (χ3v) is 2.52. The van der Waals surface area contributed by atoms with Crippen molar-refractivity contribution >= 4 is 11.6 Å². The molecule has 0 unspecified atom stereocenters. The summed E-state index contributed by atoms with van der Waals surface area (Å²) >= 11 is 0. The molecule has 1 amide bonds. The van der Waals surface area contributed by atoms with Gasteiger partial charge in [-0.3, -0.25) is 4.79 Å². The molecule has 0 aromatic heterocycles. The van der Waals surface area contributed by atoms with Crippen LogP contribution in [0.25, 0.3) is 0 Å². The molecule has 0 aliphatic rings. The van der Waals surface area contributed by atoms with Crippen molar-refractivity contribution in [3.8, 4) is 5.75 Å². The Morgan fingerprint density at radius 2 is 2.18 bits per heavy atom. The van der Waals surface area contributed by atoms with Gasteiger partial charge in [-0.15, -0.1) is 0 Å². The number of nitrogens with two attached hydrogens (primary N) is 1. The van der Waals surface area contributed by atoms with Crippen molar-refractivity contribution in [3.63, 3.8) is 0 Å². The summed E-state index contributed by atoms with van der Waals surface area (Å²) in [6, 6.07) is 5.68. The number of methoxy groups -OCH3 is 1. The minimum absolute atomic E-state index is 0.0600. The van der Waals surface area contributed by atoms with Gasteiger partial charge in [0.15, 0.2) is 0 Å². The van der Waals surface area contributed by atoms with Gasteiger partial charge in [0, 0.05) is 12.6 Å². The lowest BCUT2D eigenvalue weighted by atomic mass is 10.1. The molecular weight excluding hydrogens is 216 g/mol. The van der Waals surface area contributed by atoms with Crippen LogP contribution in [-0.2, 0) is 11.2 Å². The first-order chi connectivity index (χ1) is 8.17. The van der Waals surface area contributed by atoms with E-state index in [9.17, 15) is 4.79 Å². The molecule has 0 radical (unpaired) electrons. The van der Waals surface area contributed by atoms with E-state index in [1.54, 1.807) is 7.11 Å². The molecule has 0 atom stereocenters. The van der Waals surface area contributed by atoms with Crippen LogP contribution in [0, 0.1) is 0 Å². The molecule has 94 valence electrons. The van der Waals surface area contributed by atoms with E-state index in [4.69, 9.17) is 10.5 Å². The molecule has 4 nitrogen and oxygen atoms in total. The second-order valence-corrected chi connectivity index (χ2v) is 3.95. The number of hydrogen-bond donors (Lipinski definition) is 2. The number of unbranched alkanes of at least 4 members (excludes halogenated alkanes) is 1. The molecule has 3 N–H and O–H groups in total. The van der Waals surface area contributed by atoms with Gasteiger partial charge in [-0.05, 0) is 49.6 Å². The van der Waals surface area contributed by atoms with Gasteiger partial charge in [-0.2, -0.15) is 0 Å². The van der Waals surface area contributed by atoms with Crippen molar-refractivity contribution in [2.75, 3.05) is 19.0 Å². The van der Waals surface area contributed by atoms with E-state index in [2.05, 4.69) is 5.32 Å². The van der Waals surface area contributed by atoms with Gasteiger partial charge in [-0.25, -0.2) is 0 Å². The normalized spacial score (nSPS) is 10.1. The lowest BCUT2D eigenvalue weighted by molar-refractivity contribution is -0.114. The molecule has 1 aromatic carbocycles. The number of aryl methyl sites for hydroxylation is 1. The summed E-state index contributed by atoms with van der Waals surface area (Å²) < 4.78 is 5.18. The van der Waals surface area contributed by atoms with Gasteiger partial charge in [0.1, 0.15) is 5.75 Å². The summed E-state index contributed by atoms with van der Waals surface area (Å²) in [5.41, 5.74) is 7.42. The number of anilines is 1. The number of benzene rings is 1. The zero-order valence-electron chi connectivity index (χ0n) is 10.5. The minimum atomic E-state index is -0.0600. The van der Waals surface area contributed by atoms with Crippen molar-refractivity contribution in [1.29, 1.82) is 0 Å². The molecule has 17 heavy (non-hydrogen) atoms. The predicted octanol–water partition coefficient (Wildman–Crippen LogP) is 1.93. The highest BCUT2D eigenvalue weighted by Gasteiger charge is 2.05. The number of carbonyl (C=O) groups is 1. The van der Waals surface area contributed by atoms with E-state index in [-0.39, 0.29) is 5.91 Å². The van der Waals surface area contributed by atoms with Crippen LogP contribution in [0.2, 0.25) is 0 Å². The van der Waals surface area contributed by atoms with Crippen LogP contribution < -0.4 is 15.8 Å². The van der Waals surface area contributed by atoms with Crippen molar-refractivity contribution in [2.24, 2.45) is 5.73 Å². The number of rotatable bonds is 6. The van der Waals surface area contributed by atoms with Crippen LogP contribution in [0.3, 0.4) is 0 Å². The van der Waals surface area contributed by atoms with Gasteiger partial charge in [-0.1, -0.05) is 0 Å². The monoisotopic (exact) mass is 236 g/mol. The van der Waals surface area contributed by atoms with E-state index >= 15 is 0 Å². The minimum Gasteiger partial charge on any atom is -0.497 e. The summed E-state index contributed by atoms with van der Waals surface area (Å²) in [7, 11) is 1.64. The molecule has 0 fully saturated rings. The first-order valence-corrected chi connectivity index (χ1v) is 5.82. The first kappa shape index (κ1) is 13.5. The number of amides is 1. The Balaban J connectivity index is 2.82. The summed E-state index contributed by atoms with van der Waals surface area (Å²) in [5, 5.41) is 2.83. The fourth-order valence-corrected chi connectivity index (χ4v) is 1.68. The Morgan fingerprint density at radius 3 is 2.76 bits per heavy atom. The standard InChI is InChI=1S/C13H20N2O2/c1-10(16)15-13-7-6-12(17-2)9-11(13)5-3-4-8-14/h6-7,9H,3-5,8,14H2,1-2H3,(H,15,16). The summed E-state index contributed by atoms with van der Waals surface area (Å²) in [5.74, 6) is 0.747. The average Bonchev–Trinajstić information content (AvgIpc) is 2.30. The zero-order valence-corrected chi connectivity index (χ0v) is 10.5. The molecule has 0 aliphatic heterocycles. The third-order valence-electron chi connectivity index (χ3n) is 2.52. The van der Waals surface area contributed by atoms with E-state index < -0.39 is 0 Å². The van der Waals surface area contributed by atoms with E-state index in [0.29, 0.717) is 6.54 Å². The van der Waals surface area contributed by atoms with Crippen molar-refractivity contribution in [2.45, 2.75) is 26.2 Å². The van der Waals surface area contributed by atoms with E-state index in [0.717, 1.165) is 36.3 Å². The molecule has 0 aliphatic carbocycles. The zero-order chi connectivity index (χ0) is 12.7. The van der Waals surface area contributed by atoms with E-state index in [1.165, 1.54) is 6.92 Å². The van der Waals surface area contributed by atoms with Gasteiger partial charge >= 0.3 is 0 Å². The lowest BCUT2D eigenvalue weighted by Gasteiger charge is -2.11. The summed E-state index contributed by atoms with van der Waals surface area (Å²) in [4.78, 5) is 11.1. The second kappa shape index (κ2) is 6.91.